The molecule has 3 aliphatic rings. The molecule has 2 N–H and O–H groups in total. The van der Waals surface area contributed by atoms with E-state index in [-0.39, 0.29) is 37.1 Å². The highest BCUT2D eigenvalue weighted by molar-refractivity contribution is 6.30. The molecular formula is C33H36ClN7O4. The number of pyridine rings is 1. The van der Waals surface area contributed by atoms with E-state index in [0.717, 1.165) is 25.7 Å². The molecule has 1 unspecified atom stereocenters. The minimum atomic E-state index is -0.508. The van der Waals surface area contributed by atoms with Gasteiger partial charge in [0.15, 0.2) is 12.4 Å². The van der Waals surface area contributed by atoms with E-state index >= 15 is 0 Å². The van der Waals surface area contributed by atoms with Crippen LogP contribution in [0.1, 0.15) is 69.1 Å². The van der Waals surface area contributed by atoms with Gasteiger partial charge in [-0.2, -0.15) is 5.26 Å². The van der Waals surface area contributed by atoms with E-state index in [0.29, 0.717) is 69.1 Å². The van der Waals surface area contributed by atoms with E-state index < -0.39 is 5.79 Å². The Balaban J connectivity index is 1.36. The van der Waals surface area contributed by atoms with Gasteiger partial charge in [0, 0.05) is 48.6 Å². The summed E-state index contributed by atoms with van der Waals surface area (Å²) >= 11 is 5.94. The van der Waals surface area contributed by atoms with Crippen LogP contribution in [-0.4, -0.2) is 58.2 Å². The van der Waals surface area contributed by atoms with Crippen LogP contribution < -0.4 is 15.0 Å². The Morgan fingerprint density at radius 1 is 1.27 bits per heavy atom. The SMILES string of the molecule is CC(C)Cc1nc(NC2CCC3(CC2)OCC(C)O3)c(C=N)c(-c2ccc3c(c2)OCC(=O)N3Cc2ncc(Cl)cn2)c1C#N. The number of nitrogens with one attached hydrogen (secondary N) is 2. The first-order chi connectivity index (χ1) is 21.7. The predicted molar refractivity (Wildman–Crippen MR) is 170 cm³/mol. The van der Waals surface area contributed by atoms with Gasteiger partial charge in [-0.3, -0.25) is 9.69 Å². The molecule has 3 aromatic rings. The lowest BCUT2D eigenvalue weighted by Gasteiger charge is -2.36. The Bertz CT molecular complexity index is 1650. The van der Waals surface area contributed by atoms with Gasteiger partial charge in [0.1, 0.15) is 23.5 Å². The maximum absolute atomic E-state index is 12.9. The molecule has 45 heavy (non-hydrogen) atoms. The molecule has 2 aromatic heterocycles. The average Bonchev–Trinajstić information content (AvgIpc) is 3.39. The van der Waals surface area contributed by atoms with Crippen molar-refractivity contribution in [2.75, 3.05) is 23.4 Å². The van der Waals surface area contributed by atoms with Crippen LogP contribution in [-0.2, 0) is 27.2 Å². The number of hydrogen-bond acceptors (Lipinski definition) is 10. The van der Waals surface area contributed by atoms with E-state index in [9.17, 15) is 10.1 Å². The smallest absolute Gasteiger partial charge is 0.265 e. The van der Waals surface area contributed by atoms with Crippen molar-refractivity contribution in [3.05, 3.63) is 58.3 Å². The molecule has 1 aromatic carbocycles. The quantitative estimate of drug-likeness (QED) is 0.301. The van der Waals surface area contributed by atoms with Gasteiger partial charge < -0.3 is 24.9 Å². The number of rotatable bonds is 8. The Morgan fingerprint density at radius 2 is 2.02 bits per heavy atom. The van der Waals surface area contributed by atoms with Gasteiger partial charge >= 0.3 is 0 Å². The highest BCUT2D eigenvalue weighted by atomic mass is 35.5. The molecule has 0 radical (unpaired) electrons. The molecule has 0 bridgehead atoms. The molecule has 2 aliphatic heterocycles. The predicted octanol–water partition coefficient (Wildman–Crippen LogP) is 5.67. The first-order valence-electron chi connectivity index (χ1n) is 15.3. The Morgan fingerprint density at radius 3 is 2.67 bits per heavy atom. The topological polar surface area (TPSA) is 146 Å². The summed E-state index contributed by atoms with van der Waals surface area (Å²) in [5.74, 6) is 1.03. The van der Waals surface area contributed by atoms with Gasteiger partial charge in [-0.15, -0.1) is 0 Å². The van der Waals surface area contributed by atoms with Crippen molar-refractivity contribution in [3.63, 3.8) is 0 Å². The number of halogens is 1. The molecular weight excluding hydrogens is 594 g/mol. The van der Waals surface area contributed by atoms with Crippen molar-refractivity contribution < 1.29 is 19.0 Å². The summed E-state index contributed by atoms with van der Waals surface area (Å²) < 4.78 is 18.0. The van der Waals surface area contributed by atoms with E-state index in [1.165, 1.54) is 18.6 Å². The number of carbonyl (C=O) groups is 1. The average molecular weight is 630 g/mol. The number of anilines is 2. The number of hydrogen-bond donors (Lipinski definition) is 2. The largest absolute Gasteiger partial charge is 0.482 e. The fraction of sp³-hybridized carbons (Fsp3) is 0.455. The molecule has 2 fully saturated rings. The van der Waals surface area contributed by atoms with Gasteiger partial charge in [-0.05, 0) is 49.8 Å². The molecule has 1 spiro atoms. The number of nitrogens with zero attached hydrogens (tertiary/aromatic N) is 5. The zero-order chi connectivity index (χ0) is 31.7. The van der Waals surface area contributed by atoms with Crippen molar-refractivity contribution >= 4 is 35.2 Å². The summed E-state index contributed by atoms with van der Waals surface area (Å²) in [6.45, 7) is 6.83. The van der Waals surface area contributed by atoms with Crippen LogP contribution in [0.25, 0.3) is 11.1 Å². The van der Waals surface area contributed by atoms with Crippen LogP contribution in [0.2, 0.25) is 5.02 Å². The second-order valence-electron chi connectivity index (χ2n) is 12.3. The monoisotopic (exact) mass is 629 g/mol. The van der Waals surface area contributed by atoms with Crippen LogP contribution in [0.5, 0.6) is 5.75 Å². The van der Waals surface area contributed by atoms with Gasteiger partial charge in [0.05, 0.1) is 41.2 Å². The number of ether oxygens (including phenoxy) is 3. The van der Waals surface area contributed by atoms with Gasteiger partial charge in [-0.1, -0.05) is 31.5 Å². The van der Waals surface area contributed by atoms with Crippen LogP contribution in [0.4, 0.5) is 11.5 Å². The zero-order valence-corrected chi connectivity index (χ0v) is 26.4. The normalized spacial score (nSPS) is 22.7. The van der Waals surface area contributed by atoms with Crippen LogP contribution in [0.15, 0.2) is 30.6 Å². The standard InChI is InChI=1S/C33H36ClN7O4/c1-19(2)10-26-24(12-35)31(25(13-36)32(40-26)39-23-6-8-33(9-7-23)44-17-20(3)45-33)21-4-5-27-28(11-21)43-18-30(42)41(27)16-29-37-14-22(34)15-38-29/h4-5,11,13-15,19-20,23,36H,6-10,16-18H2,1-3H3,(H,39,40). The highest BCUT2D eigenvalue weighted by Gasteiger charge is 2.43. The molecule has 1 saturated heterocycles. The molecule has 234 valence electrons. The summed E-state index contributed by atoms with van der Waals surface area (Å²) in [4.78, 5) is 27.9. The molecule has 1 amide bonds. The fourth-order valence-corrected chi connectivity index (χ4v) is 6.41. The van der Waals surface area contributed by atoms with Crippen molar-refractivity contribution in [1.29, 1.82) is 10.7 Å². The fourth-order valence-electron chi connectivity index (χ4n) is 6.31. The minimum absolute atomic E-state index is 0.0944. The third-order valence-electron chi connectivity index (χ3n) is 8.42. The minimum Gasteiger partial charge on any atom is -0.482 e. The molecule has 6 rings (SSSR count). The molecule has 1 atom stereocenters. The third-order valence-corrected chi connectivity index (χ3v) is 8.61. The van der Waals surface area contributed by atoms with Crippen LogP contribution in [0, 0.1) is 22.7 Å². The maximum Gasteiger partial charge on any atom is 0.265 e. The van der Waals surface area contributed by atoms with Crippen LogP contribution >= 0.6 is 11.6 Å². The van der Waals surface area contributed by atoms with Crippen molar-refractivity contribution in [2.24, 2.45) is 5.92 Å². The summed E-state index contributed by atoms with van der Waals surface area (Å²) in [6.07, 6.45) is 8.14. The van der Waals surface area contributed by atoms with Gasteiger partial charge in [0.2, 0.25) is 0 Å². The number of amides is 1. The molecule has 1 aliphatic carbocycles. The zero-order valence-electron chi connectivity index (χ0n) is 25.6. The Labute approximate surface area is 267 Å². The Hall–Kier alpha value is -4.11. The van der Waals surface area contributed by atoms with Crippen molar-refractivity contribution in [2.45, 2.75) is 77.4 Å². The highest BCUT2D eigenvalue weighted by Crippen LogP contribution is 2.42. The number of benzene rings is 1. The van der Waals surface area contributed by atoms with E-state index in [1.54, 1.807) is 11.0 Å². The lowest BCUT2D eigenvalue weighted by Crippen LogP contribution is -2.39. The van der Waals surface area contributed by atoms with Gasteiger partial charge in [-0.25, -0.2) is 15.0 Å². The van der Waals surface area contributed by atoms with Crippen molar-refractivity contribution in [3.8, 4) is 22.9 Å². The first-order valence-corrected chi connectivity index (χ1v) is 15.7. The molecule has 1 saturated carbocycles. The van der Waals surface area contributed by atoms with Crippen molar-refractivity contribution in [1.82, 2.24) is 15.0 Å². The number of nitriles is 1. The summed E-state index contributed by atoms with van der Waals surface area (Å²) in [5.41, 5.74) is 3.50. The van der Waals surface area contributed by atoms with Crippen LogP contribution in [0.3, 0.4) is 0 Å². The first kappa shape index (κ1) is 30.9. The molecule has 4 heterocycles. The van der Waals surface area contributed by atoms with E-state index in [2.05, 4.69) is 35.2 Å². The third kappa shape index (κ3) is 6.36. The van der Waals surface area contributed by atoms with E-state index in [1.807, 2.05) is 19.1 Å². The number of fused-ring (bicyclic) bond motifs is 1. The number of carbonyl (C=O) groups excluding carboxylic acids is 1. The Kier molecular flexibility index (Phi) is 8.73. The van der Waals surface area contributed by atoms with E-state index in [4.69, 9.17) is 36.2 Å². The van der Waals surface area contributed by atoms with Gasteiger partial charge in [0.25, 0.3) is 5.91 Å². The maximum atomic E-state index is 12.9. The summed E-state index contributed by atoms with van der Waals surface area (Å²) in [5, 5.41) is 22.9. The second-order valence-corrected chi connectivity index (χ2v) is 12.7. The molecule has 11 nitrogen and oxygen atoms in total. The molecule has 12 heteroatoms. The lowest BCUT2D eigenvalue weighted by molar-refractivity contribution is -0.186. The second kappa shape index (κ2) is 12.7. The lowest BCUT2D eigenvalue weighted by atomic mass is 9.89. The number of aromatic nitrogens is 3. The summed E-state index contributed by atoms with van der Waals surface area (Å²) in [6, 6.07) is 7.97. The summed E-state index contributed by atoms with van der Waals surface area (Å²) in [7, 11) is 0.